The number of hydrogen-bond acceptors (Lipinski definition) is 4. The van der Waals surface area contributed by atoms with E-state index in [1.54, 1.807) is 6.20 Å². The molecule has 1 saturated heterocycles. The van der Waals surface area contributed by atoms with Crippen molar-refractivity contribution in [3.63, 3.8) is 0 Å². The average Bonchev–Trinajstić information content (AvgIpc) is 2.28. The van der Waals surface area contributed by atoms with Crippen LogP contribution < -0.4 is 10.6 Å². The van der Waals surface area contributed by atoms with Crippen molar-refractivity contribution >= 4 is 29.8 Å². The van der Waals surface area contributed by atoms with Gasteiger partial charge in [-0.2, -0.15) is 0 Å². The lowest BCUT2D eigenvalue weighted by Crippen LogP contribution is -2.31. The molecule has 90 valence electrons. The summed E-state index contributed by atoms with van der Waals surface area (Å²) >= 11 is 5.69. The molecule has 0 unspecified atom stereocenters. The van der Waals surface area contributed by atoms with E-state index in [4.69, 9.17) is 11.6 Å². The maximum atomic E-state index is 5.69. The summed E-state index contributed by atoms with van der Waals surface area (Å²) in [5, 5.41) is 6.94. The van der Waals surface area contributed by atoms with Crippen molar-refractivity contribution in [2.45, 2.75) is 12.8 Å². The van der Waals surface area contributed by atoms with E-state index in [-0.39, 0.29) is 12.4 Å². The fourth-order valence-electron chi connectivity index (χ4n) is 1.77. The number of halogens is 2. The Balaban J connectivity index is 0.00000128. The monoisotopic (exact) mass is 262 g/mol. The number of nitrogens with zero attached hydrogens (tertiary/aromatic N) is 2. The first-order chi connectivity index (χ1) is 7.34. The average molecular weight is 263 g/mol. The maximum Gasteiger partial charge on any atom is 0.224 e. The van der Waals surface area contributed by atoms with Gasteiger partial charge in [0.25, 0.3) is 0 Å². The molecule has 0 aromatic carbocycles. The van der Waals surface area contributed by atoms with Gasteiger partial charge >= 0.3 is 0 Å². The van der Waals surface area contributed by atoms with Gasteiger partial charge in [-0.1, -0.05) is 0 Å². The van der Waals surface area contributed by atoms with Crippen LogP contribution in [0.4, 0.5) is 5.82 Å². The maximum absolute atomic E-state index is 5.69. The molecule has 1 aliphatic heterocycles. The highest BCUT2D eigenvalue weighted by Gasteiger charge is 2.12. The normalized spacial score (nSPS) is 16.6. The molecular formula is C10H16Cl2N4. The molecule has 16 heavy (non-hydrogen) atoms. The first kappa shape index (κ1) is 13.5. The van der Waals surface area contributed by atoms with Crippen LogP contribution >= 0.6 is 24.0 Å². The Hall–Kier alpha value is -0.580. The van der Waals surface area contributed by atoms with Gasteiger partial charge in [0.15, 0.2) is 0 Å². The molecule has 0 saturated carbocycles. The zero-order valence-electron chi connectivity index (χ0n) is 8.95. The first-order valence-corrected chi connectivity index (χ1v) is 5.65. The van der Waals surface area contributed by atoms with Crippen LogP contribution in [-0.4, -0.2) is 29.6 Å². The number of hydrogen-bond donors (Lipinski definition) is 2. The fraction of sp³-hybridized carbons (Fsp3) is 0.600. The molecule has 0 radical (unpaired) electrons. The van der Waals surface area contributed by atoms with E-state index >= 15 is 0 Å². The van der Waals surface area contributed by atoms with Crippen LogP contribution in [0.1, 0.15) is 12.8 Å². The topological polar surface area (TPSA) is 49.8 Å². The second kappa shape index (κ2) is 6.89. The van der Waals surface area contributed by atoms with Crippen LogP contribution in [0.5, 0.6) is 0 Å². The smallest absolute Gasteiger partial charge is 0.224 e. The molecule has 1 aromatic rings. The Morgan fingerprint density at radius 1 is 1.44 bits per heavy atom. The van der Waals surface area contributed by atoms with Crippen molar-refractivity contribution in [1.29, 1.82) is 0 Å². The van der Waals surface area contributed by atoms with E-state index < -0.39 is 0 Å². The second-order valence-electron chi connectivity index (χ2n) is 3.79. The molecule has 2 heterocycles. The van der Waals surface area contributed by atoms with Gasteiger partial charge in [0.1, 0.15) is 5.82 Å². The van der Waals surface area contributed by atoms with Gasteiger partial charge in [-0.15, -0.1) is 12.4 Å². The summed E-state index contributed by atoms with van der Waals surface area (Å²) in [6.45, 7) is 3.21. The minimum absolute atomic E-state index is 0. The summed E-state index contributed by atoms with van der Waals surface area (Å²) < 4.78 is 0. The SMILES string of the molecule is Cl.Clc1nccc(NCC2CCNCC2)n1. The van der Waals surface area contributed by atoms with Crippen molar-refractivity contribution in [3.05, 3.63) is 17.5 Å². The Morgan fingerprint density at radius 3 is 2.88 bits per heavy atom. The largest absolute Gasteiger partial charge is 0.370 e. The predicted molar refractivity (Wildman–Crippen MR) is 68.4 cm³/mol. The van der Waals surface area contributed by atoms with Gasteiger partial charge in [0, 0.05) is 12.7 Å². The summed E-state index contributed by atoms with van der Waals surface area (Å²) in [6.07, 6.45) is 4.12. The van der Waals surface area contributed by atoms with E-state index in [9.17, 15) is 0 Å². The third kappa shape index (κ3) is 4.12. The van der Waals surface area contributed by atoms with Gasteiger partial charge in [-0.05, 0) is 49.5 Å². The molecule has 0 atom stereocenters. The highest BCUT2D eigenvalue weighted by molar-refractivity contribution is 6.28. The van der Waals surface area contributed by atoms with Gasteiger partial charge in [0.2, 0.25) is 5.28 Å². The van der Waals surface area contributed by atoms with Gasteiger partial charge in [-0.3, -0.25) is 0 Å². The predicted octanol–water partition coefficient (Wildman–Crippen LogP) is 1.96. The third-order valence-electron chi connectivity index (χ3n) is 2.66. The lowest BCUT2D eigenvalue weighted by Gasteiger charge is -2.22. The van der Waals surface area contributed by atoms with Crippen molar-refractivity contribution in [2.24, 2.45) is 5.92 Å². The number of aromatic nitrogens is 2. The van der Waals surface area contributed by atoms with E-state index in [0.29, 0.717) is 5.28 Å². The van der Waals surface area contributed by atoms with Crippen LogP contribution in [0.3, 0.4) is 0 Å². The molecule has 0 bridgehead atoms. The first-order valence-electron chi connectivity index (χ1n) is 5.28. The summed E-state index contributed by atoms with van der Waals surface area (Å²) in [4.78, 5) is 7.92. The van der Waals surface area contributed by atoms with Gasteiger partial charge in [0.05, 0.1) is 0 Å². The Kier molecular flexibility index (Phi) is 5.80. The lowest BCUT2D eigenvalue weighted by atomic mass is 9.98. The summed E-state index contributed by atoms with van der Waals surface area (Å²) in [5.74, 6) is 1.55. The summed E-state index contributed by atoms with van der Waals surface area (Å²) in [5.41, 5.74) is 0. The Morgan fingerprint density at radius 2 is 2.19 bits per heavy atom. The second-order valence-corrected chi connectivity index (χ2v) is 4.12. The lowest BCUT2D eigenvalue weighted by molar-refractivity contribution is 0.389. The van der Waals surface area contributed by atoms with E-state index in [1.165, 1.54) is 12.8 Å². The number of piperidine rings is 1. The van der Waals surface area contributed by atoms with Crippen molar-refractivity contribution < 1.29 is 0 Å². The van der Waals surface area contributed by atoms with Crippen LogP contribution in [0.2, 0.25) is 5.28 Å². The Labute approximate surface area is 107 Å². The molecule has 0 spiro atoms. The van der Waals surface area contributed by atoms with Crippen molar-refractivity contribution in [3.8, 4) is 0 Å². The summed E-state index contributed by atoms with van der Waals surface area (Å²) in [7, 11) is 0. The third-order valence-corrected chi connectivity index (χ3v) is 2.84. The molecule has 0 aliphatic carbocycles. The molecule has 2 N–H and O–H groups in total. The molecule has 6 heteroatoms. The molecular weight excluding hydrogens is 247 g/mol. The number of nitrogens with one attached hydrogen (secondary N) is 2. The van der Waals surface area contributed by atoms with Crippen molar-refractivity contribution in [1.82, 2.24) is 15.3 Å². The molecule has 1 aromatic heterocycles. The van der Waals surface area contributed by atoms with E-state index in [0.717, 1.165) is 31.4 Å². The molecule has 1 aliphatic rings. The van der Waals surface area contributed by atoms with E-state index in [1.807, 2.05) is 6.07 Å². The fourth-order valence-corrected chi connectivity index (χ4v) is 1.92. The zero-order chi connectivity index (χ0) is 10.5. The van der Waals surface area contributed by atoms with Crippen LogP contribution in [-0.2, 0) is 0 Å². The standard InChI is InChI=1S/C10H15ClN4.ClH/c11-10-13-6-3-9(15-10)14-7-8-1-4-12-5-2-8;/h3,6,8,12H,1-2,4-5,7H2,(H,13,14,15);1H. The zero-order valence-corrected chi connectivity index (χ0v) is 10.5. The van der Waals surface area contributed by atoms with Crippen molar-refractivity contribution in [2.75, 3.05) is 25.0 Å². The molecule has 2 rings (SSSR count). The number of anilines is 1. The quantitative estimate of drug-likeness (QED) is 0.818. The van der Waals surface area contributed by atoms with Crippen LogP contribution in [0, 0.1) is 5.92 Å². The molecule has 4 nitrogen and oxygen atoms in total. The van der Waals surface area contributed by atoms with Gasteiger partial charge in [-0.25, -0.2) is 9.97 Å². The molecule has 1 fully saturated rings. The highest BCUT2D eigenvalue weighted by Crippen LogP contribution is 2.13. The van der Waals surface area contributed by atoms with Crippen LogP contribution in [0.25, 0.3) is 0 Å². The Bertz CT molecular complexity index is 315. The van der Waals surface area contributed by atoms with Crippen LogP contribution in [0.15, 0.2) is 12.3 Å². The van der Waals surface area contributed by atoms with E-state index in [2.05, 4.69) is 20.6 Å². The molecule has 0 amide bonds. The number of rotatable bonds is 3. The summed E-state index contributed by atoms with van der Waals surface area (Å²) in [6, 6.07) is 1.84. The highest BCUT2D eigenvalue weighted by atomic mass is 35.5. The van der Waals surface area contributed by atoms with Gasteiger partial charge < -0.3 is 10.6 Å². The minimum Gasteiger partial charge on any atom is -0.370 e. The minimum atomic E-state index is 0.